The zero-order valence-corrected chi connectivity index (χ0v) is 22.8. The normalized spacial score (nSPS) is 14.6. The quantitative estimate of drug-likeness (QED) is 0.457. The first kappa shape index (κ1) is 27.3. The van der Waals surface area contributed by atoms with Crippen molar-refractivity contribution in [3.05, 3.63) is 82.0 Å². The van der Waals surface area contributed by atoms with E-state index >= 15 is 0 Å². The van der Waals surface area contributed by atoms with E-state index in [0.29, 0.717) is 10.6 Å². The van der Waals surface area contributed by atoms with Crippen molar-refractivity contribution in [3.63, 3.8) is 0 Å². The van der Waals surface area contributed by atoms with Crippen molar-refractivity contribution in [2.45, 2.75) is 24.1 Å². The highest BCUT2D eigenvalue weighted by Gasteiger charge is 2.39. The fraction of sp³-hybridized carbons (Fsp3) is 0.296. The molecule has 200 valence electrons. The maximum atomic E-state index is 13.5. The van der Waals surface area contributed by atoms with Crippen molar-refractivity contribution in [1.82, 2.24) is 15.1 Å². The van der Waals surface area contributed by atoms with Crippen molar-refractivity contribution in [3.8, 4) is 5.75 Å². The molecular weight excluding hydrogens is 526 g/mol. The van der Waals surface area contributed by atoms with Gasteiger partial charge in [-0.15, -0.1) is 11.3 Å². The molecule has 1 fully saturated rings. The molecule has 0 unspecified atom stereocenters. The molecule has 0 aliphatic carbocycles. The molecular formula is C27H29N3O6S2. The number of sulfone groups is 1. The molecule has 11 heteroatoms. The van der Waals surface area contributed by atoms with E-state index in [1.54, 1.807) is 40.6 Å². The Morgan fingerprint density at radius 2 is 1.61 bits per heavy atom. The van der Waals surface area contributed by atoms with Crippen molar-refractivity contribution in [1.29, 1.82) is 0 Å². The Labute approximate surface area is 225 Å². The summed E-state index contributed by atoms with van der Waals surface area (Å²) in [5.41, 5.74) is 1.88. The number of piperazine rings is 1. The number of benzene rings is 2. The lowest BCUT2D eigenvalue weighted by molar-refractivity contribution is -0.140. The van der Waals surface area contributed by atoms with Crippen LogP contribution in [0.3, 0.4) is 0 Å². The summed E-state index contributed by atoms with van der Waals surface area (Å²) in [6, 6.07) is 16.7. The number of ether oxygens (including phenoxy) is 1. The standard InChI is InChI=1S/C27H29N3O6S2/c1-19-8-10-22(11-9-19)38(34,35)26(28-25(32)23-7-4-16-37-23)27(33)30-14-12-29(13-15-30)24(31)18-36-21-6-3-5-20(2)17-21/h3-11,16-17,26H,12-15,18H2,1-2H3,(H,28,32)/t26-/m1/s1. The second-order valence-corrected chi connectivity index (χ2v) is 12.0. The lowest BCUT2D eigenvalue weighted by atomic mass is 10.2. The molecule has 1 atom stereocenters. The molecule has 0 spiro atoms. The van der Waals surface area contributed by atoms with Crippen LogP contribution >= 0.6 is 11.3 Å². The molecule has 3 amide bonds. The van der Waals surface area contributed by atoms with Gasteiger partial charge in [0, 0.05) is 26.2 Å². The number of nitrogens with one attached hydrogen (secondary N) is 1. The Morgan fingerprint density at radius 1 is 0.921 bits per heavy atom. The number of hydrogen-bond donors (Lipinski definition) is 1. The molecule has 9 nitrogen and oxygen atoms in total. The average molecular weight is 556 g/mol. The molecule has 0 saturated carbocycles. The molecule has 2 aromatic carbocycles. The number of aryl methyl sites for hydroxylation is 2. The monoisotopic (exact) mass is 555 g/mol. The smallest absolute Gasteiger partial charge is 0.262 e. The molecule has 2 heterocycles. The molecule has 0 bridgehead atoms. The molecule has 1 N–H and O–H groups in total. The molecule has 1 aromatic heterocycles. The van der Waals surface area contributed by atoms with Crippen LogP contribution in [0.25, 0.3) is 0 Å². The lowest BCUT2D eigenvalue weighted by Crippen LogP contribution is -2.58. The Morgan fingerprint density at radius 3 is 2.24 bits per heavy atom. The van der Waals surface area contributed by atoms with Crippen LogP contribution in [0.15, 0.2) is 70.9 Å². The third-order valence-corrected chi connectivity index (χ3v) is 8.93. The molecule has 3 aromatic rings. The van der Waals surface area contributed by atoms with Crippen LogP contribution in [0, 0.1) is 13.8 Å². The van der Waals surface area contributed by atoms with Crippen LogP contribution in [-0.4, -0.2) is 74.1 Å². The van der Waals surface area contributed by atoms with Gasteiger partial charge in [0.05, 0.1) is 9.77 Å². The third-order valence-electron chi connectivity index (χ3n) is 6.19. The second kappa shape index (κ2) is 11.8. The van der Waals surface area contributed by atoms with Gasteiger partial charge in [0.1, 0.15) is 5.75 Å². The van der Waals surface area contributed by atoms with Gasteiger partial charge in [0.2, 0.25) is 15.2 Å². The van der Waals surface area contributed by atoms with E-state index in [1.165, 1.54) is 17.0 Å². The van der Waals surface area contributed by atoms with E-state index in [4.69, 9.17) is 4.74 Å². The van der Waals surface area contributed by atoms with Gasteiger partial charge in [-0.1, -0.05) is 35.9 Å². The molecule has 1 aliphatic heterocycles. The minimum Gasteiger partial charge on any atom is -0.484 e. The molecule has 1 aliphatic rings. The molecule has 4 rings (SSSR count). The van der Waals surface area contributed by atoms with Crippen molar-refractivity contribution >= 4 is 38.9 Å². The number of amides is 3. The van der Waals surface area contributed by atoms with E-state index < -0.39 is 27.0 Å². The number of rotatable bonds is 8. The van der Waals surface area contributed by atoms with Gasteiger partial charge in [-0.2, -0.15) is 0 Å². The van der Waals surface area contributed by atoms with E-state index in [0.717, 1.165) is 22.5 Å². The highest BCUT2D eigenvalue weighted by atomic mass is 32.2. The summed E-state index contributed by atoms with van der Waals surface area (Å²) in [6.07, 6.45) is 0. The van der Waals surface area contributed by atoms with E-state index in [1.807, 2.05) is 32.0 Å². The summed E-state index contributed by atoms with van der Waals surface area (Å²) in [5, 5.41) is 2.33. The zero-order valence-electron chi connectivity index (χ0n) is 21.1. The van der Waals surface area contributed by atoms with Gasteiger partial charge >= 0.3 is 0 Å². The van der Waals surface area contributed by atoms with Gasteiger partial charge in [0.15, 0.2) is 6.61 Å². The SMILES string of the molecule is Cc1ccc(S(=O)(=O)[C@@H](NC(=O)c2cccs2)C(=O)N2CCN(C(=O)COc3cccc(C)c3)CC2)cc1. The zero-order chi connectivity index (χ0) is 27.3. The maximum absolute atomic E-state index is 13.5. The average Bonchev–Trinajstić information content (AvgIpc) is 3.45. The maximum Gasteiger partial charge on any atom is 0.262 e. The largest absolute Gasteiger partial charge is 0.484 e. The third kappa shape index (κ3) is 6.40. The van der Waals surface area contributed by atoms with E-state index in [2.05, 4.69) is 5.32 Å². The molecule has 1 saturated heterocycles. The van der Waals surface area contributed by atoms with Crippen LogP contribution in [-0.2, 0) is 19.4 Å². The van der Waals surface area contributed by atoms with Crippen molar-refractivity contribution < 1.29 is 27.5 Å². The van der Waals surface area contributed by atoms with Gasteiger partial charge < -0.3 is 19.9 Å². The Hall–Kier alpha value is -3.70. The predicted molar refractivity (Wildman–Crippen MR) is 144 cm³/mol. The van der Waals surface area contributed by atoms with E-state index in [-0.39, 0.29) is 43.6 Å². The van der Waals surface area contributed by atoms with Crippen molar-refractivity contribution in [2.24, 2.45) is 0 Å². The topological polar surface area (TPSA) is 113 Å². The highest BCUT2D eigenvalue weighted by molar-refractivity contribution is 7.92. The molecule has 0 radical (unpaired) electrons. The van der Waals surface area contributed by atoms with Crippen LogP contribution in [0.1, 0.15) is 20.8 Å². The first-order valence-corrected chi connectivity index (χ1v) is 14.5. The minimum atomic E-state index is -4.24. The Kier molecular flexibility index (Phi) is 8.48. The van der Waals surface area contributed by atoms with Gasteiger partial charge in [-0.25, -0.2) is 8.42 Å². The Bertz CT molecular complexity index is 1400. The summed E-state index contributed by atoms with van der Waals surface area (Å²) in [4.78, 5) is 42.1. The first-order chi connectivity index (χ1) is 18.1. The summed E-state index contributed by atoms with van der Waals surface area (Å²) in [7, 11) is -4.24. The Balaban J connectivity index is 1.44. The van der Waals surface area contributed by atoms with Gasteiger partial charge in [-0.3, -0.25) is 14.4 Å². The van der Waals surface area contributed by atoms with Gasteiger partial charge in [-0.05, 0) is 55.1 Å². The summed E-state index contributed by atoms with van der Waals surface area (Å²) in [6.45, 7) is 4.31. The number of carbonyl (C=O) groups excluding carboxylic acids is 3. The van der Waals surface area contributed by atoms with Crippen LogP contribution < -0.4 is 10.1 Å². The molecule has 38 heavy (non-hydrogen) atoms. The number of thiophene rings is 1. The van der Waals surface area contributed by atoms with Crippen molar-refractivity contribution in [2.75, 3.05) is 32.8 Å². The number of carbonyl (C=O) groups is 3. The highest BCUT2D eigenvalue weighted by Crippen LogP contribution is 2.20. The fourth-order valence-corrected chi connectivity index (χ4v) is 6.11. The fourth-order valence-electron chi connectivity index (χ4n) is 4.02. The van der Waals surface area contributed by atoms with E-state index in [9.17, 15) is 22.8 Å². The summed E-state index contributed by atoms with van der Waals surface area (Å²) < 4.78 is 32.6. The lowest BCUT2D eigenvalue weighted by Gasteiger charge is -2.36. The summed E-state index contributed by atoms with van der Waals surface area (Å²) >= 11 is 1.15. The van der Waals surface area contributed by atoms with Crippen LogP contribution in [0.5, 0.6) is 5.75 Å². The number of nitrogens with zero attached hydrogens (tertiary/aromatic N) is 2. The van der Waals surface area contributed by atoms with Crippen LogP contribution in [0.4, 0.5) is 0 Å². The second-order valence-electron chi connectivity index (χ2n) is 9.00. The predicted octanol–water partition coefficient (Wildman–Crippen LogP) is 2.64. The first-order valence-electron chi connectivity index (χ1n) is 12.1. The summed E-state index contributed by atoms with van der Waals surface area (Å²) in [5.74, 6) is -1.01. The minimum absolute atomic E-state index is 0.0601. The number of hydrogen-bond acceptors (Lipinski definition) is 7. The van der Waals surface area contributed by atoms with Gasteiger partial charge in [0.25, 0.3) is 17.7 Å². The van der Waals surface area contributed by atoms with Crippen LogP contribution in [0.2, 0.25) is 0 Å².